The first-order valence-electron chi connectivity index (χ1n) is 6.38. The van der Waals surface area contributed by atoms with E-state index in [9.17, 15) is 0 Å². The molecule has 1 saturated heterocycles. The number of aromatic nitrogens is 5. The van der Waals surface area contributed by atoms with Gasteiger partial charge in [-0.25, -0.2) is 0 Å². The standard InChI is InChI=1S/C11H16N6O2/c12-3-4-17-6-9(14-16-17)11-13-10(15-19-11)8-2-1-5-18-7-8/h6,8H,1-5,7,12H2. The Kier molecular flexibility index (Phi) is 3.51. The van der Waals surface area contributed by atoms with Crippen LogP contribution < -0.4 is 5.73 Å². The Balaban J connectivity index is 1.75. The number of hydrogen-bond donors (Lipinski definition) is 1. The summed E-state index contributed by atoms with van der Waals surface area (Å²) in [6.07, 6.45) is 3.81. The molecule has 1 atom stereocenters. The molecule has 0 saturated carbocycles. The van der Waals surface area contributed by atoms with Crippen molar-refractivity contribution in [2.75, 3.05) is 19.8 Å². The van der Waals surface area contributed by atoms with Gasteiger partial charge in [-0.2, -0.15) is 4.98 Å². The monoisotopic (exact) mass is 264 g/mol. The van der Waals surface area contributed by atoms with E-state index in [1.807, 2.05) is 0 Å². The van der Waals surface area contributed by atoms with Gasteiger partial charge < -0.3 is 15.0 Å². The van der Waals surface area contributed by atoms with E-state index >= 15 is 0 Å². The molecule has 3 heterocycles. The summed E-state index contributed by atoms with van der Waals surface area (Å²) in [6.45, 7) is 2.59. The molecule has 0 radical (unpaired) electrons. The second kappa shape index (κ2) is 5.45. The largest absolute Gasteiger partial charge is 0.381 e. The molecule has 3 rings (SSSR count). The predicted octanol–water partition coefficient (Wildman–Crippen LogP) is 0.181. The van der Waals surface area contributed by atoms with E-state index in [1.54, 1.807) is 10.9 Å². The molecule has 0 bridgehead atoms. The fourth-order valence-electron chi connectivity index (χ4n) is 2.09. The Hall–Kier alpha value is -1.80. The van der Waals surface area contributed by atoms with E-state index in [0.29, 0.717) is 37.1 Å². The first-order chi connectivity index (χ1) is 9.36. The van der Waals surface area contributed by atoms with Crippen molar-refractivity contribution in [3.8, 4) is 11.6 Å². The van der Waals surface area contributed by atoms with Crippen molar-refractivity contribution in [2.45, 2.75) is 25.3 Å². The van der Waals surface area contributed by atoms with Gasteiger partial charge in [-0.3, -0.25) is 4.68 Å². The smallest absolute Gasteiger partial charge is 0.280 e. The zero-order chi connectivity index (χ0) is 13.1. The van der Waals surface area contributed by atoms with Crippen LogP contribution in [0.5, 0.6) is 0 Å². The Labute approximate surface area is 109 Å². The Morgan fingerprint density at radius 2 is 2.42 bits per heavy atom. The molecule has 1 unspecified atom stereocenters. The number of ether oxygens (including phenoxy) is 1. The minimum Gasteiger partial charge on any atom is -0.381 e. The molecular formula is C11H16N6O2. The van der Waals surface area contributed by atoms with Crippen molar-refractivity contribution in [1.29, 1.82) is 0 Å². The zero-order valence-electron chi connectivity index (χ0n) is 10.5. The van der Waals surface area contributed by atoms with E-state index in [-0.39, 0.29) is 5.92 Å². The van der Waals surface area contributed by atoms with Gasteiger partial charge in [-0.1, -0.05) is 10.4 Å². The van der Waals surface area contributed by atoms with E-state index in [0.717, 1.165) is 19.4 Å². The minimum atomic E-state index is 0.213. The molecule has 2 aromatic heterocycles. The topological polar surface area (TPSA) is 105 Å². The van der Waals surface area contributed by atoms with Crippen LogP contribution in [0.25, 0.3) is 11.6 Å². The Bertz CT molecular complexity index is 531. The number of nitrogens with zero attached hydrogens (tertiary/aromatic N) is 5. The van der Waals surface area contributed by atoms with Crippen LogP contribution in [0, 0.1) is 0 Å². The average Bonchev–Trinajstić information content (AvgIpc) is 3.08. The van der Waals surface area contributed by atoms with Crippen LogP contribution in [-0.4, -0.2) is 44.9 Å². The maximum atomic E-state index is 5.46. The molecule has 2 aromatic rings. The first-order valence-corrected chi connectivity index (χ1v) is 6.38. The van der Waals surface area contributed by atoms with Crippen LogP contribution in [0.1, 0.15) is 24.6 Å². The third-order valence-corrected chi connectivity index (χ3v) is 3.08. The van der Waals surface area contributed by atoms with Crippen LogP contribution in [0.3, 0.4) is 0 Å². The summed E-state index contributed by atoms with van der Waals surface area (Å²) in [6, 6.07) is 0. The van der Waals surface area contributed by atoms with Crippen LogP contribution in [0.2, 0.25) is 0 Å². The highest BCUT2D eigenvalue weighted by Gasteiger charge is 2.22. The summed E-state index contributed by atoms with van der Waals surface area (Å²) in [5.74, 6) is 1.29. The number of nitrogens with two attached hydrogens (primary N) is 1. The third kappa shape index (κ3) is 2.64. The van der Waals surface area contributed by atoms with E-state index in [4.69, 9.17) is 15.0 Å². The molecular weight excluding hydrogens is 248 g/mol. The number of hydrogen-bond acceptors (Lipinski definition) is 7. The molecule has 8 nitrogen and oxygen atoms in total. The summed E-state index contributed by atoms with van der Waals surface area (Å²) in [5, 5.41) is 11.9. The Morgan fingerprint density at radius 1 is 1.47 bits per heavy atom. The van der Waals surface area contributed by atoms with Gasteiger partial charge in [-0.15, -0.1) is 5.10 Å². The van der Waals surface area contributed by atoms with Crippen molar-refractivity contribution >= 4 is 0 Å². The molecule has 102 valence electrons. The van der Waals surface area contributed by atoms with Crippen molar-refractivity contribution in [3.05, 3.63) is 12.0 Å². The van der Waals surface area contributed by atoms with Gasteiger partial charge >= 0.3 is 0 Å². The maximum Gasteiger partial charge on any atom is 0.280 e. The van der Waals surface area contributed by atoms with E-state index < -0.39 is 0 Å². The second-order valence-electron chi connectivity index (χ2n) is 4.53. The SMILES string of the molecule is NCCn1cc(-c2nc(C3CCCOC3)no2)nn1. The van der Waals surface area contributed by atoms with E-state index in [1.165, 1.54) is 0 Å². The lowest BCUT2D eigenvalue weighted by molar-refractivity contribution is 0.0773. The van der Waals surface area contributed by atoms with Crippen LogP contribution in [-0.2, 0) is 11.3 Å². The lowest BCUT2D eigenvalue weighted by Crippen LogP contribution is -2.16. The van der Waals surface area contributed by atoms with Gasteiger partial charge in [0.05, 0.1) is 19.3 Å². The van der Waals surface area contributed by atoms with Gasteiger partial charge in [0.25, 0.3) is 5.89 Å². The van der Waals surface area contributed by atoms with Gasteiger partial charge in [0.2, 0.25) is 0 Å². The molecule has 1 aliphatic rings. The molecule has 0 amide bonds. The highest BCUT2D eigenvalue weighted by molar-refractivity contribution is 5.43. The quantitative estimate of drug-likeness (QED) is 0.839. The maximum absolute atomic E-state index is 5.46. The van der Waals surface area contributed by atoms with Crippen LogP contribution in [0.15, 0.2) is 10.7 Å². The lowest BCUT2D eigenvalue weighted by atomic mass is 10.0. The molecule has 2 N–H and O–H groups in total. The first kappa shape index (κ1) is 12.2. The summed E-state index contributed by atoms with van der Waals surface area (Å²) < 4.78 is 12.3. The summed E-state index contributed by atoms with van der Waals surface area (Å²) in [4.78, 5) is 4.37. The van der Waals surface area contributed by atoms with Crippen molar-refractivity contribution in [1.82, 2.24) is 25.1 Å². The summed E-state index contributed by atoms with van der Waals surface area (Å²) in [5.41, 5.74) is 6.03. The second-order valence-corrected chi connectivity index (χ2v) is 4.53. The number of rotatable bonds is 4. The minimum absolute atomic E-state index is 0.213. The van der Waals surface area contributed by atoms with Crippen molar-refractivity contribution in [2.24, 2.45) is 5.73 Å². The summed E-state index contributed by atoms with van der Waals surface area (Å²) in [7, 11) is 0. The Morgan fingerprint density at radius 3 is 3.21 bits per heavy atom. The fourth-order valence-corrected chi connectivity index (χ4v) is 2.09. The van der Waals surface area contributed by atoms with Crippen LogP contribution in [0.4, 0.5) is 0 Å². The third-order valence-electron chi connectivity index (χ3n) is 3.08. The average molecular weight is 264 g/mol. The summed E-state index contributed by atoms with van der Waals surface area (Å²) >= 11 is 0. The molecule has 0 aliphatic carbocycles. The predicted molar refractivity (Wildman–Crippen MR) is 65.2 cm³/mol. The fraction of sp³-hybridized carbons (Fsp3) is 0.636. The molecule has 0 aromatic carbocycles. The molecule has 8 heteroatoms. The van der Waals surface area contributed by atoms with Crippen LogP contribution >= 0.6 is 0 Å². The normalized spacial score (nSPS) is 19.7. The highest BCUT2D eigenvalue weighted by atomic mass is 16.5. The molecule has 1 aliphatic heterocycles. The molecule has 1 fully saturated rings. The zero-order valence-corrected chi connectivity index (χ0v) is 10.5. The molecule has 19 heavy (non-hydrogen) atoms. The van der Waals surface area contributed by atoms with Gasteiger partial charge in [-0.05, 0) is 12.8 Å². The van der Waals surface area contributed by atoms with Crippen molar-refractivity contribution in [3.63, 3.8) is 0 Å². The van der Waals surface area contributed by atoms with E-state index in [2.05, 4.69) is 20.5 Å². The van der Waals surface area contributed by atoms with Gasteiger partial charge in [0.15, 0.2) is 11.5 Å². The highest BCUT2D eigenvalue weighted by Crippen LogP contribution is 2.24. The molecule has 0 spiro atoms. The van der Waals surface area contributed by atoms with Gasteiger partial charge in [0.1, 0.15) is 0 Å². The van der Waals surface area contributed by atoms with Crippen molar-refractivity contribution < 1.29 is 9.26 Å². The van der Waals surface area contributed by atoms with Gasteiger partial charge in [0, 0.05) is 19.1 Å². The lowest BCUT2D eigenvalue weighted by Gasteiger charge is -2.18.